The topological polar surface area (TPSA) is 112 Å². The second kappa shape index (κ2) is 9.69. The molecule has 2 aromatic heterocycles. The molecule has 0 aliphatic heterocycles. The average Bonchev–Trinajstić information content (AvgIpc) is 3.22. The summed E-state index contributed by atoms with van der Waals surface area (Å²) in [6.45, 7) is 1.72. The maximum atomic E-state index is 12.3. The lowest BCUT2D eigenvalue weighted by atomic mass is 10.2. The van der Waals surface area contributed by atoms with Crippen molar-refractivity contribution in [1.82, 2.24) is 20.6 Å². The van der Waals surface area contributed by atoms with E-state index in [1.807, 2.05) is 0 Å². The van der Waals surface area contributed by atoms with E-state index < -0.39 is 5.25 Å². The number of carbonyl (C=O) groups excluding carboxylic acids is 1. The van der Waals surface area contributed by atoms with E-state index in [0.717, 1.165) is 17.3 Å². The molecule has 1 aromatic carbocycles. The van der Waals surface area contributed by atoms with Gasteiger partial charge in [-0.25, -0.2) is 5.43 Å². The van der Waals surface area contributed by atoms with E-state index in [2.05, 4.69) is 25.7 Å². The van der Waals surface area contributed by atoms with E-state index in [1.165, 1.54) is 13.3 Å². The van der Waals surface area contributed by atoms with Crippen molar-refractivity contribution in [2.75, 3.05) is 14.2 Å². The van der Waals surface area contributed by atoms with Crippen LogP contribution in [0.2, 0.25) is 0 Å². The van der Waals surface area contributed by atoms with Gasteiger partial charge in [-0.05, 0) is 31.2 Å². The molecule has 1 atom stereocenters. The molecule has 9 nitrogen and oxygen atoms in total. The van der Waals surface area contributed by atoms with E-state index in [9.17, 15) is 4.79 Å². The third kappa shape index (κ3) is 5.11. The van der Waals surface area contributed by atoms with Gasteiger partial charge in [0.1, 0.15) is 0 Å². The van der Waals surface area contributed by atoms with Crippen LogP contribution in [0.4, 0.5) is 0 Å². The Morgan fingerprint density at radius 1 is 1.21 bits per heavy atom. The predicted molar refractivity (Wildman–Crippen MR) is 108 cm³/mol. The van der Waals surface area contributed by atoms with Crippen molar-refractivity contribution in [2.45, 2.75) is 17.4 Å². The molecule has 0 spiro atoms. The second-order valence-corrected chi connectivity index (χ2v) is 6.98. The Morgan fingerprint density at radius 3 is 2.72 bits per heavy atom. The summed E-state index contributed by atoms with van der Waals surface area (Å²) in [4.78, 5) is 16.2. The zero-order chi connectivity index (χ0) is 20.6. The first-order valence-electron chi connectivity index (χ1n) is 8.57. The standard InChI is InChI=1S/C19H19N5O4S/c1-12(29-19-24-23-18(28-19)13-7-9-20-10-8-13)17(25)22-21-11-14-5-4-6-15(26-2)16(14)27-3/h4-12H,1-3H3,(H,22,25)/b21-11+. The zero-order valence-corrected chi connectivity index (χ0v) is 16.8. The molecule has 29 heavy (non-hydrogen) atoms. The molecule has 0 radical (unpaired) electrons. The van der Waals surface area contributed by atoms with Crippen LogP contribution in [0.3, 0.4) is 0 Å². The number of amides is 1. The lowest BCUT2D eigenvalue weighted by molar-refractivity contribution is -0.120. The van der Waals surface area contributed by atoms with Crippen LogP contribution in [-0.4, -0.2) is 46.8 Å². The van der Waals surface area contributed by atoms with Gasteiger partial charge in [0.25, 0.3) is 11.1 Å². The van der Waals surface area contributed by atoms with Crippen LogP contribution in [-0.2, 0) is 4.79 Å². The van der Waals surface area contributed by atoms with E-state index in [4.69, 9.17) is 13.9 Å². The van der Waals surface area contributed by atoms with Crippen LogP contribution in [0.5, 0.6) is 11.5 Å². The van der Waals surface area contributed by atoms with Gasteiger partial charge in [0, 0.05) is 23.5 Å². The monoisotopic (exact) mass is 413 g/mol. The van der Waals surface area contributed by atoms with Crippen LogP contribution >= 0.6 is 11.8 Å². The first-order valence-corrected chi connectivity index (χ1v) is 9.44. The average molecular weight is 413 g/mol. The number of pyridine rings is 1. The number of thioether (sulfide) groups is 1. The predicted octanol–water partition coefficient (Wildman–Crippen LogP) is 2.78. The van der Waals surface area contributed by atoms with Crippen molar-refractivity contribution in [2.24, 2.45) is 5.10 Å². The minimum atomic E-state index is -0.495. The van der Waals surface area contributed by atoms with Crippen molar-refractivity contribution in [3.63, 3.8) is 0 Å². The summed E-state index contributed by atoms with van der Waals surface area (Å²) in [5.41, 5.74) is 3.92. The maximum absolute atomic E-state index is 12.3. The number of para-hydroxylation sites is 1. The molecule has 2 heterocycles. The Labute approximate surface area is 171 Å². The molecule has 1 unspecified atom stereocenters. The van der Waals surface area contributed by atoms with Crippen molar-refractivity contribution < 1.29 is 18.7 Å². The smallest absolute Gasteiger partial charge is 0.277 e. The van der Waals surface area contributed by atoms with E-state index in [1.54, 1.807) is 56.8 Å². The molecular weight excluding hydrogens is 394 g/mol. The highest BCUT2D eigenvalue weighted by Gasteiger charge is 2.18. The summed E-state index contributed by atoms with van der Waals surface area (Å²) >= 11 is 1.14. The normalized spacial score (nSPS) is 12.0. The molecule has 0 fully saturated rings. The number of hydrogen-bond acceptors (Lipinski definition) is 9. The number of rotatable bonds is 8. The molecule has 1 amide bonds. The molecular formula is C19H19N5O4S. The van der Waals surface area contributed by atoms with Gasteiger partial charge in [-0.15, -0.1) is 10.2 Å². The largest absolute Gasteiger partial charge is 0.493 e. The van der Waals surface area contributed by atoms with Gasteiger partial charge in [0.15, 0.2) is 11.5 Å². The molecule has 0 aliphatic carbocycles. The van der Waals surface area contributed by atoms with E-state index in [0.29, 0.717) is 23.0 Å². The Hall–Kier alpha value is -3.40. The quantitative estimate of drug-likeness (QED) is 0.341. The molecule has 1 N–H and O–H groups in total. The zero-order valence-electron chi connectivity index (χ0n) is 16.0. The summed E-state index contributed by atoms with van der Waals surface area (Å²) in [7, 11) is 3.09. The van der Waals surface area contributed by atoms with Crippen LogP contribution < -0.4 is 14.9 Å². The van der Waals surface area contributed by atoms with Gasteiger partial charge in [-0.3, -0.25) is 9.78 Å². The number of methoxy groups -OCH3 is 2. The third-order valence-electron chi connectivity index (χ3n) is 3.79. The SMILES string of the molecule is COc1cccc(/C=N/NC(=O)C(C)Sc2nnc(-c3ccncc3)o2)c1OC. The van der Waals surface area contributed by atoms with E-state index >= 15 is 0 Å². The summed E-state index contributed by atoms with van der Waals surface area (Å²) in [5.74, 6) is 1.17. The number of nitrogens with zero attached hydrogens (tertiary/aromatic N) is 4. The Balaban J connectivity index is 1.59. The highest BCUT2D eigenvalue weighted by molar-refractivity contribution is 8.00. The van der Waals surface area contributed by atoms with Gasteiger partial charge in [0.05, 0.1) is 25.7 Å². The summed E-state index contributed by atoms with van der Waals surface area (Å²) in [6, 6.07) is 8.91. The molecule has 150 valence electrons. The lowest BCUT2D eigenvalue weighted by Gasteiger charge is -2.10. The van der Waals surface area contributed by atoms with Crippen LogP contribution in [0.1, 0.15) is 12.5 Å². The number of hydrazone groups is 1. The van der Waals surface area contributed by atoms with Gasteiger partial charge in [-0.2, -0.15) is 5.10 Å². The minimum Gasteiger partial charge on any atom is -0.493 e. The summed E-state index contributed by atoms with van der Waals surface area (Å²) < 4.78 is 16.1. The first kappa shape index (κ1) is 20.3. The van der Waals surface area contributed by atoms with Crippen LogP contribution in [0.25, 0.3) is 11.5 Å². The number of aromatic nitrogens is 3. The van der Waals surface area contributed by atoms with Gasteiger partial charge >= 0.3 is 0 Å². The number of ether oxygens (including phenoxy) is 2. The number of carbonyl (C=O) groups is 1. The van der Waals surface area contributed by atoms with Crippen molar-refractivity contribution in [3.8, 4) is 23.0 Å². The van der Waals surface area contributed by atoms with Crippen molar-refractivity contribution >= 4 is 23.9 Å². The fourth-order valence-electron chi connectivity index (χ4n) is 2.34. The molecule has 0 aliphatic rings. The molecule has 3 aromatic rings. The summed E-state index contributed by atoms with van der Waals surface area (Å²) in [5, 5.41) is 11.7. The molecule has 0 saturated heterocycles. The second-order valence-electron chi connectivity index (χ2n) is 5.69. The molecule has 3 rings (SSSR count). The maximum Gasteiger partial charge on any atom is 0.277 e. The van der Waals surface area contributed by atoms with Crippen LogP contribution in [0.15, 0.2) is 57.5 Å². The fraction of sp³-hybridized carbons (Fsp3) is 0.211. The van der Waals surface area contributed by atoms with Crippen molar-refractivity contribution in [1.29, 1.82) is 0 Å². The molecule has 10 heteroatoms. The third-order valence-corrected chi connectivity index (χ3v) is 4.73. The highest BCUT2D eigenvalue weighted by atomic mass is 32.2. The number of hydrogen-bond donors (Lipinski definition) is 1. The summed E-state index contributed by atoms with van der Waals surface area (Å²) in [6.07, 6.45) is 4.76. The van der Waals surface area contributed by atoms with Gasteiger partial charge in [0.2, 0.25) is 5.89 Å². The Bertz CT molecular complexity index is 993. The van der Waals surface area contributed by atoms with Gasteiger partial charge < -0.3 is 13.9 Å². The number of benzene rings is 1. The van der Waals surface area contributed by atoms with Gasteiger partial charge in [-0.1, -0.05) is 17.8 Å². The van der Waals surface area contributed by atoms with Crippen LogP contribution in [0, 0.1) is 0 Å². The van der Waals surface area contributed by atoms with E-state index in [-0.39, 0.29) is 11.1 Å². The minimum absolute atomic E-state index is 0.290. The Morgan fingerprint density at radius 2 is 2.00 bits per heavy atom. The number of nitrogens with one attached hydrogen (secondary N) is 1. The fourth-order valence-corrected chi connectivity index (χ4v) is 3.02. The molecule has 0 saturated carbocycles. The van der Waals surface area contributed by atoms with Crippen molar-refractivity contribution in [3.05, 3.63) is 48.3 Å². The first-order chi connectivity index (χ1) is 14.1. The molecule has 0 bridgehead atoms. The highest BCUT2D eigenvalue weighted by Crippen LogP contribution is 2.29. The lowest BCUT2D eigenvalue weighted by Crippen LogP contribution is -2.26. The Kier molecular flexibility index (Phi) is 6.80.